The van der Waals surface area contributed by atoms with Crippen LogP contribution in [0, 0.1) is 3.57 Å². The van der Waals surface area contributed by atoms with E-state index < -0.39 is 0 Å². The number of anilines is 1. The first-order valence-corrected chi connectivity index (χ1v) is 9.70. The monoisotopic (exact) mass is 518 g/mol. The predicted molar refractivity (Wildman–Crippen MR) is 114 cm³/mol. The average Bonchev–Trinajstić information content (AvgIpc) is 3.06. The number of nitrogens with one attached hydrogen (secondary N) is 1. The van der Waals surface area contributed by atoms with Crippen LogP contribution in [0.3, 0.4) is 0 Å². The van der Waals surface area contributed by atoms with Gasteiger partial charge in [-0.3, -0.25) is 4.79 Å². The molecule has 1 N–H and O–H groups in total. The van der Waals surface area contributed by atoms with Crippen LogP contribution in [0.5, 0.6) is 0 Å². The summed E-state index contributed by atoms with van der Waals surface area (Å²) in [7, 11) is 0. The van der Waals surface area contributed by atoms with Crippen LogP contribution in [0.1, 0.15) is 10.4 Å². The number of aromatic nitrogens is 1. The molecule has 0 saturated heterocycles. The number of fused-ring (bicyclic) bond motifs is 1. The molecule has 0 unspecified atom stereocenters. The highest BCUT2D eigenvalue weighted by Gasteiger charge is 2.12. The van der Waals surface area contributed by atoms with Gasteiger partial charge in [0.15, 0.2) is 5.58 Å². The van der Waals surface area contributed by atoms with Crippen LogP contribution in [0.25, 0.3) is 22.6 Å². The van der Waals surface area contributed by atoms with Crippen molar-refractivity contribution in [1.82, 2.24) is 4.98 Å². The van der Waals surface area contributed by atoms with Crippen LogP contribution in [0.2, 0.25) is 0 Å². The Kier molecular flexibility index (Phi) is 4.78. The van der Waals surface area contributed by atoms with Gasteiger partial charge >= 0.3 is 0 Å². The summed E-state index contributed by atoms with van der Waals surface area (Å²) in [6, 6.07) is 20.7. The highest BCUT2D eigenvalue weighted by Crippen LogP contribution is 2.27. The molecule has 1 amide bonds. The van der Waals surface area contributed by atoms with E-state index in [0.717, 1.165) is 13.6 Å². The second kappa shape index (κ2) is 7.20. The second-order valence-electron chi connectivity index (χ2n) is 5.64. The topological polar surface area (TPSA) is 55.1 Å². The van der Waals surface area contributed by atoms with E-state index in [0.29, 0.717) is 28.2 Å². The Morgan fingerprint density at radius 1 is 1.04 bits per heavy atom. The summed E-state index contributed by atoms with van der Waals surface area (Å²) in [6.07, 6.45) is 0. The van der Waals surface area contributed by atoms with Crippen molar-refractivity contribution in [2.24, 2.45) is 0 Å². The number of hydrogen-bond acceptors (Lipinski definition) is 3. The normalized spacial score (nSPS) is 10.8. The molecule has 0 spiro atoms. The van der Waals surface area contributed by atoms with Gasteiger partial charge in [-0.1, -0.05) is 28.1 Å². The van der Waals surface area contributed by atoms with Crippen LogP contribution in [0.4, 0.5) is 5.69 Å². The van der Waals surface area contributed by atoms with Crippen molar-refractivity contribution in [3.63, 3.8) is 0 Å². The molecule has 0 radical (unpaired) electrons. The standard InChI is InChI=1S/C20H12BrIN2O2/c21-13-7-5-12(6-8-13)20-24-17-11-14(9-10-18(17)26-20)23-19(25)15-3-1-2-4-16(15)22/h1-11H,(H,23,25). The highest BCUT2D eigenvalue weighted by atomic mass is 127. The summed E-state index contributed by atoms with van der Waals surface area (Å²) in [5.74, 6) is 0.402. The van der Waals surface area contributed by atoms with Crippen molar-refractivity contribution in [3.05, 3.63) is 80.3 Å². The van der Waals surface area contributed by atoms with Crippen LogP contribution >= 0.6 is 38.5 Å². The molecule has 0 aliphatic rings. The molecular weight excluding hydrogens is 507 g/mol. The van der Waals surface area contributed by atoms with Crippen LogP contribution in [-0.2, 0) is 0 Å². The molecule has 0 aliphatic heterocycles. The van der Waals surface area contributed by atoms with Crippen molar-refractivity contribution < 1.29 is 9.21 Å². The van der Waals surface area contributed by atoms with Crippen molar-refractivity contribution >= 4 is 61.2 Å². The van der Waals surface area contributed by atoms with Crippen molar-refractivity contribution in [2.75, 3.05) is 5.32 Å². The molecule has 3 aromatic carbocycles. The van der Waals surface area contributed by atoms with Gasteiger partial charge in [0.2, 0.25) is 5.89 Å². The van der Waals surface area contributed by atoms with Crippen molar-refractivity contribution in [1.29, 1.82) is 0 Å². The number of oxazole rings is 1. The number of carbonyl (C=O) groups is 1. The first-order chi connectivity index (χ1) is 12.6. The fraction of sp³-hybridized carbons (Fsp3) is 0. The predicted octanol–water partition coefficient (Wildman–Crippen LogP) is 6.11. The molecule has 0 saturated carbocycles. The molecule has 1 aromatic heterocycles. The maximum atomic E-state index is 12.5. The molecule has 0 bridgehead atoms. The Morgan fingerprint density at radius 3 is 2.58 bits per heavy atom. The van der Waals surface area contributed by atoms with Gasteiger partial charge < -0.3 is 9.73 Å². The molecule has 0 atom stereocenters. The largest absolute Gasteiger partial charge is 0.436 e. The summed E-state index contributed by atoms with van der Waals surface area (Å²) < 4.78 is 7.72. The summed E-state index contributed by atoms with van der Waals surface area (Å²) in [4.78, 5) is 17.0. The molecule has 1 heterocycles. The minimum Gasteiger partial charge on any atom is -0.436 e. The van der Waals surface area contributed by atoms with Crippen LogP contribution < -0.4 is 5.32 Å². The number of amides is 1. The second-order valence-corrected chi connectivity index (χ2v) is 7.72. The maximum Gasteiger partial charge on any atom is 0.256 e. The van der Waals surface area contributed by atoms with Gasteiger partial charge in [0.1, 0.15) is 5.52 Å². The first-order valence-electron chi connectivity index (χ1n) is 7.82. The molecule has 0 aliphatic carbocycles. The summed E-state index contributed by atoms with van der Waals surface area (Å²) in [5, 5.41) is 2.92. The van der Waals surface area contributed by atoms with Crippen LogP contribution in [-0.4, -0.2) is 10.9 Å². The molecule has 4 aromatic rings. The lowest BCUT2D eigenvalue weighted by atomic mass is 10.2. The zero-order valence-corrected chi connectivity index (χ0v) is 17.1. The van der Waals surface area contributed by atoms with Gasteiger partial charge in [-0.15, -0.1) is 0 Å². The zero-order valence-electron chi connectivity index (χ0n) is 13.4. The average molecular weight is 519 g/mol. The third-order valence-corrected chi connectivity index (χ3v) is 5.32. The Hall–Kier alpha value is -2.19. The lowest BCUT2D eigenvalue weighted by Gasteiger charge is -2.06. The minimum absolute atomic E-state index is 0.147. The van der Waals surface area contributed by atoms with E-state index in [1.807, 2.05) is 60.7 Å². The zero-order chi connectivity index (χ0) is 18.1. The number of halogens is 2. The molecule has 4 rings (SSSR count). The molecule has 0 fully saturated rings. The van der Waals surface area contributed by atoms with Gasteiger partial charge in [-0.05, 0) is 77.2 Å². The molecule has 128 valence electrons. The summed E-state index contributed by atoms with van der Waals surface area (Å²) >= 11 is 5.57. The fourth-order valence-electron chi connectivity index (χ4n) is 2.56. The quantitative estimate of drug-likeness (QED) is 0.333. The smallest absolute Gasteiger partial charge is 0.256 e. The van der Waals surface area contributed by atoms with E-state index in [1.54, 1.807) is 6.07 Å². The van der Waals surface area contributed by atoms with Gasteiger partial charge in [0.25, 0.3) is 5.91 Å². The Bertz CT molecular complexity index is 1110. The highest BCUT2D eigenvalue weighted by molar-refractivity contribution is 14.1. The fourth-order valence-corrected chi connectivity index (χ4v) is 3.46. The van der Waals surface area contributed by atoms with Crippen LogP contribution in [0.15, 0.2) is 75.6 Å². The lowest BCUT2D eigenvalue weighted by molar-refractivity contribution is 0.102. The van der Waals surface area contributed by atoms with Gasteiger partial charge in [-0.25, -0.2) is 4.98 Å². The Morgan fingerprint density at radius 2 is 1.81 bits per heavy atom. The van der Waals surface area contributed by atoms with Gasteiger partial charge in [0, 0.05) is 19.3 Å². The lowest BCUT2D eigenvalue weighted by Crippen LogP contribution is -2.13. The van der Waals surface area contributed by atoms with E-state index in [-0.39, 0.29) is 5.91 Å². The molecular formula is C20H12BrIN2O2. The Balaban J connectivity index is 1.62. The summed E-state index contributed by atoms with van der Waals surface area (Å²) in [6.45, 7) is 0. The summed E-state index contributed by atoms with van der Waals surface area (Å²) in [5.41, 5.74) is 3.59. The van der Waals surface area contributed by atoms with E-state index >= 15 is 0 Å². The van der Waals surface area contributed by atoms with Gasteiger partial charge in [-0.2, -0.15) is 0 Å². The third kappa shape index (κ3) is 3.52. The minimum atomic E-state index is -0.147. The molecule has 26 heavy (non-hydrogen) atoms. The number of hydrogen-bond donors (Lipinski definition) is 1. The van der Waals surface area contributed by atoms with E-state index in [2.05, 4.69) is 48.8 Å². The third-order valence-electron chi connectivity index (χ3n) is 3.86. The van der Waals surface area contributed by atoms with Gasteiger partial charge in [0.05, 0.1) is 5.56 Å². The number of carbonyl (C=O) groups excluding carboxylic acids is 1. The Labute approximate surface area is 171 Å². The first kappa shape index (κ1) is 17.2. The SMILES string of the molecule is O=C(Nc1ccc2oc(-c3ccc(Br)cc3)nc2c1)c1ccccc1I. The van der Waals surface area contributed by atoms with Crippen molar-refractivity contribution in [3.8, 4) is 11.5 Å². The van der Waals surface area contributed by atoms with E-state index in [9.17, 15) is 4.79 Å². The number of rotatable bonds is 3. The molecule has 4 nitrogen and oxygen atoms in total. The maximum absolute atomic E-state index is 12.5. The van der Waals surface area contributed by atoms with Crippen molar-refractivity contribution in [2.45, 2.75) is 0 Å². The van der Waals surface area contributed by atoms with E-state index in [1.165, 1.54) is 0 Å². The molecule has 6 heteroatoms. The number of nitrogens with zero attached hydrogens (tertiary/aromatic N) is 1. The number of benzene rings is 3. The van der Waals surface area contributed by atoms with E-state index in [4.69, 9.17) is 4.42 Å².